The minimum absolute atomic E-state index is 0.0381. The Morgan fingerprint density at radius 2 is 1.60 bits per heavy atom. The van der Waals surface area contributed by atoms with E-state index in [0.717, 1.165) is 22.1 Å². The summed E-state index contributed by atoms with van der Waals surface area (Å²) in [5.74, 6) is 0. The lowest BCUT2D eigenvalue weighted by molar-refractivity contribution is 0.600. The quantitative estimate of drug-likeness (QED) is 0.458. The van der Waals surface area contributed by atoms with Gasteiger partial charge in [-0.1, -0.05) is 35.6 Å². The average Bonchev–Trinajstić information content (AvgIpc) is 3.11. The van der Waals surface area contributed by atoms with Gasteiger partial charge < -0.3 is 0 Å². The van der Waals surface area contributed by atoms with Crippen molar-refractivity contribution in [1.29, 1.82) is 0 Å². The lowest BCUT2D eigenvalue weighted by Gasteiger charge is -2.09. The third-order valence-electron chi connectivity index (χ3n) is 4.02. The van der Waals surface area contributed by atoms with E-state index in [4.69, 9.17) is 0 Å². The van der Waals surface area contributed by atoms with Crippen molar-refractivity contribution in [2.45, 2.75) is 16.7 Å². The van der Waals surface area contributed by atoms with E-state index in [1.165, 1.54) is 30.3 Å². The number of nitrogens with zero attached hydrogens (tertiary/aromatic N) is 2. The first-order chi connectivity index (χ1) is 14.2. The second-order valence-corrected chi connectivity index (χ2v) is 10.7. The molecule has 2 N–H and O–H groups in total. The normalized spacial score (nSPS) is 11.8. The van der Waals surface area contributed by atoms with Gasteiger partial charge in [0.05, 0.1) is 4.90 Å². The summed E-state index contributed by atoms with van der Waals surface area (Å²) in [6.45, 7) is 1.71. The van der Waals surface area contributed by atoms with Crippen molar-refractivity contribution in [2.24, 2.45) is 0 Å². The molecule has 8 nitrogen and oxygen atoms in total. The van der Waals surface area contributed by atoms with Crippen molar-refractivity contribution in [3.63, 3.8) is 0 Å². The number of hydrogen-bond acceptors (Lipinski definition) is 7. The molecule has 152 valence electrons. The average molecular weight is 459 g/mol. The summed E-state index contributed by atoms with van der Waals surface area (Å²) in [7, 11) is -7.78. The Hall–Kier alpha value is -3.20. The van der Waals surface area contributed by atoms with Crippen LogP contribution in [0.15, 0.2) is 64.4 Å². The number of hydrogen-bond donors (Lipinski definition) is 2. The molecule has 0 amide bonds. The molecular formula is C19H14N4O4S3. The Kier molecular flexibility index (Phi) is 5.07. The van der Waals surface area contributed by atoms with Crippen LogP contribution < -0.4 is 9.44 Å². The molecule has 0 atom stereocenters. The van der Waals surface area contributed by atoms with Gasteiger partial charge in [-0.15, -0.1) is 10.2 Å². The largest absolute Gasteiger partial charge is 0.279 e. The van der Waals surface area contributed by atoms with Crippen LogP contribution >= 0.6 is 11.3 Å². The van der Waals surface area contributed by atoms with E-state index >= 15 is 0 Å². The van der Waals surface area contributed by atoms with Crippen LogP contribution in [-0.2, 0) is 20.0 Å². The Balaban J connectivity index is 1.54. The zero-order chi connectivity index (χ0) is 21.4. The molecule has 3 aromatic carbocycles. The van der Waals surface area contributed by atoms with Crippen molar-refractivity contribution in [3.05, 3.63) is 71.7 Å². The van der Waals surface area contributed by atoms with Crippen molar-refractivity contribution in [2.75, 3.05) is 9.44 Å². The third kappa shape index (κ3) is 4.20. The van der Waals surface area contributed by atoms with Gasteiger partial charge in [0, 0.05) is 11.1 Å². The van der Waals surface area contributed by atoms with Crippen molar-refractivity contribution < 1.29 is 16.8 Å². The molecular weight excluding hydrogens is 444 g/mol. The number of fused-ring (bicyclic) bond motifs is 1. The van der Waals surface area contributed by atoms with Crippen LogP contribution in [-0.4, -0.2) is 27.0 Å². The van der Waals surface area contributed by atoms with E-state index in [0.29, 0.717) is 5.01 Å². The summed E-state index contributed by atoms with van der Waals surface area (Å²) in [4.78, 5) is -0.102. The molecule has 0 bridgehead atoms. The van der Waals surface area contributed by atoms with E-state index < -0.39 is 20.0 Å². The van der Waals surface area contributed by atoms with Gasteiger partial charge in [0.1, 0.15) is 9.90 Å². The molecule has 0 radical (unpaired) electrons. The SMILES string of the molecule is Cc1nnc(NS(=O)(=O)c2ccc(NS(=O)(=O)c3c#cc4ccccc4c3)cc2)s1. The highest BCUT2D eigenvalue weighted by molar-refractivity contribution is 7.93. The smallest absolute Gasteiger partial charge is 0.269 e. The number of anilines is 2. The maximum absolute atomic E-state index is 12.7. The monoisotopic (exact) mass is 458 g/mol. The number of benzene rings is 2. The van der Waals surface area contributed by atoms with Crippen LogP contribution in [0.25, 0.3) is 10.8 Å². The van der Waals surface area contributed by atoms with Gasteiger partial charge in [0.15, 0.2) is 0 Å². The van der Waals surface area contributed by atoms with Gasteiger partial charge >= 0.3 is 0 Å². The topological polar surface area (TPSA) is 118 Å². The number of aryl methyl sites for hydroxylation is 1. The fraction of sp³-hybridized carbons (Fsp3) is 0.0526. The summed E-state index contributed by atoms with van der Waals surface area (Å²) in [6, 6.07) is 19.5. The molecule has 4 rings (SSSR count). The molecule has 4 aromatic rings. The fourth-order valence-electron chi connectivity index (χ4n) is 2.61. The first-order valence-corrected chi connectivity index (χ1v) is 12.3. The summed E-state index contributed by atoms with van der Waals surface area (Å²) in [5, 5.41) is 9.73. The highest BCUT2D eigenvalue weighted by Gasteiger charge is 2.18. The Morgan fingerprint density at radius 3 is 2.30 bits per heavy atom. The van der Waals surface area contributed by atoms with Gasteiger partial charge in [-0.3, -0.25) is 9.44 Å². The lowest BCUT2D eigenvalue weighted by Crippen LogP contribution is -2.14. The standard InChI is InChI=1S/C19H14N4O4S3/c1-13-20-21-19(28-13)23-29(24,25)17-10-7-16(8-11-17)22-30(26,27)18-9-6-14-4-2-3-5-15(14)12-18/h2-5,7-8,10-12,22H,1H3,(H,21,23). The molecule has 1 heterocycles. The second kappa shape index (κ2) is 7.56. The zero-order valence-electron chi connectivity index (χ0n) is 15.4. The maximum Gasteiger partial charge on any atom is 0.269 e. The molecule has 0 saturated carbocycles. The molecule has 0 spiro atoms. The van der Waals surface area contributed by atoms with Gasteiger partial charge in [-0.2, -0.15) is 0 Å². The van der Waals surface area contributed by atoms with E-state index in [9.17, 15) is 16.8 Å². The number of sulfonamides is 2. The predicted octanol–water partition coefficient (Wildman–Crippen LogP) is 3.20. The Morgan fingerprint density at radius 1 is 0.867 bits per heavy atom. The number of rotatable bonds is 6. The van der Waals surface area contributed by atoms with Crippen LogP contribution in [0.5, 0.6) is 0 Å². The first-order valence-electron chi connectivity index (χ1n) is 8.51. The van der Waals surface area contributed by atoms with Crippen molar-refractivity contribution in [3.8, 4) is 0 Å². The molecule has 0 aliphatic rings. The minimum Gasteiger partial charge on any atom is -0.279 e. The van der Waals surface area contributed by atoms with E-state index in [1.54, 1.807) is 19.1 Å². The van der Waals surface area contributed by atoms with Crippen LogP contribution in [0.2, 0.25) is 0 Å². The summed E-state index contributed by atoms with van der Waals surface area (Å²) < 4.78 is 54.9. The van der Waals surface area contributed by atoms with E-state index in [-0.39, 0.29) is 20.6 Å². The molecule has 0 saturated heterocycles. The molecule has 1 aromatic heterocycles. The van der Waals surface area contributed by atoms with Crippen molar-refractivity contribution >= 4 is 53.0 Å². The number of nitrogens with one attached hydrogen (secondary N) is 2. The molecule has 0 aliphatic carbocycles. The van der Waals surface area contributed by atoms with Gasteiger partial charge in [-0.25, -0.2) is 16.8 Å². The van der Waals surface area contributed by atoms with Crippen molar-refractivity contribution in [1.82, 2.24) is 10.2 Å². The highest BCUT2D eigenvalue weighted by Crippen LogP contribution is 2.22. The van der Waals surface area contributed by atoms with Gasteiger partial charge in [-0.05, 0) is 54.8 Å². The van der Waals surface area contributed by atoms with Gasteiger partial charge in [0.25, 0.3) is 20.0 Å². The maximum atomic E-state index is 12.7. The molecule has 30 heavy (non-hydrogen) atoms. The Labute approximate surface area is 177 Å². The third-order valence-corrected chi connectivity index (χ3v) is 7.56. The fourth-order valence-corrected chi connectivity index (χ4v) is 5.46. The summed E-state index contributed by atoms with van der Waals surface area (Å²) in [6.07, 6.45) is 0. The van der Waals surface area contributed by atoms with E-state index in [2.05, 4.69) is 31.8 Å². The lowest BCUT2D eigenvalue weighted by atomic mass is 10.2. The first kappa shape index (κ1) is 20.1. The Bertz CT molecular complexity index is 1430. The predicted molar refractivity (Wildman–Crippen MR) is 114 cm³/mol. The summed E-state index contributed by atoms with van der Waals surface area (Å²) in [5.41, 5.74) is 0.210. The van der Waals surface area contributed by atoms with Crippen LogP contribution in [0.3, 0.4) is 0 Å². The molecule has 11 heteroatoms. The number of aromatic nitrogens is 2. The second-order valence-electron chi connectivity index (χ2n) is 6.21. The summed E-state index contributed by atoms with van der Waals surface area (Å²) >= 11 is 1.11. The zero-order valence-corrected chi connectivity index (χ0v) is 17.9. The molecule has 0 unspecified atom stereocenters. The molecule has 0 aliphatic heterocycles. The van der Waals surface area contributed by atoms with E-state index in [1.807, 2.05) is 12.1 Å². The van der Waals surface area contributed by atoms with Crippen LogP contribution in [0, 0.1) is 19.1 Å². The van der Waals surface area contributed by atoms with Crippen LogP contribution in [0.4, 0.5) is 10.8 Å². The van der Waals surface area contributed by atoms with Gasteiger partial charge in [0.2, 0.25) is 5.13 Å². The minimum atomic E-state index is -3.92. The molecule has 0 fully saturated rings. The highest BCUT2D eigenvalue weighted by atomic mass is 32.2. The van der Waals surface area contributed by atoms with Crippen LogP contribution in [0.1, 0.15) is 5.01 Å².